The molecule has 1 aromatic heterocycles. The van der Waals surface area contributed by atoms with Crippen LogP contribution in [-0.2, 0) is 4.43 Å². The first-order valence-electron chi connectivity index (χ1n) is 4.98. The van der Waals surface area contributed by atoms with Gasteiger partial charge >= 0.3 is 0 Å². The molecular weight excluding hydrogens is 321 g/mol. The smallest absolute Gasteiger partial charge is 0.273 e. The summed E-state index contributed by atoms with van der Waals surface area (Å²) < 4.78 is 5.65. The van der Waals surface area contributed by atoms with Gasteiger partial charge in [0, 0.05) is 12.6 Å². The third-order valence-corrected chi connectivity index (χ3v) is 2.96. The Balaban J connectivity index is 2.53. The lowest BCUT2D eigenvalue weighted by molar-refractivity contribution is 0.0929. The molecule has 1 amide bonds. The fourth-order valence-corrected chi connectivity index (χ4v) is 1.32. The van der Waals surface area contributed by atoms with Gasteiger partial charge in [0.2, 0.25) is 0 Å². The number of alkyl halides is 1. The minimum Gasteiger partial charge on any atom is -0.360 e. The topological polar surface area (TPSA) is 81.1 Å². The van der Waals surface area contributed by atoms with Crippen LogP contribution in [0.5, 0.6) is 0 Å². The maximum absolute atomic E-state index is 11.7. The maximum atomic E-state index is 11.7. The zero-order valence-electron chi connectivity index (χ0n) is 9.42. The van der Waals surface area contributed by atoms with Crippen molar-refractivity contribution in [2.24, 2.45) is 11.1 Å². The van der Waals surface area contributed by atoms with Crippen molar-refractivity contribution in [2.75, 3.05) is 13.1 Å². The second kappa shape index (κ2) is 5.62. The first kappa shape index (κ1) is 13.4. The molecule has 1 aromatic rings. The van der Waals surface area contributed by atoms with Crippen molar-refractivity contribution < 1.29 is 9.32 Å². The number of rotatable bonds is 5. The fraction of sp³-hybridized carbons (Fsp3) is 0.600. The average molecular weight is 337 g/mol. The monoisotopic (exact) mass is 337 g/mol. The first-order chi connectivity index (χ1) is 7.48. The summed E-state index contributed by atoms with van der Waals surface area (Å²) in [5.74, 6) is 0.477. The molecule has 0 aromatic carbocycles. The molecule has 0 aliphatic rings. The third-order valence-electron chi connectivity index (χ3n) is 2.20. The number of carbonyl (C=O) groups excluding carboxylic acids is 1. The fourth-order valence-electron chi connectivity index (χ4n) is 0.965. The molecule has 16 heavy (non-hydrogen) atoms. The van der Waals surface area contributed by atoms with Crippen LogP contribution in [0.15, 0.2) is 10.6 Å². The molecule has 0 spiro atoms. The number of halogens is 1. The van der Waals surface area contributed by atoms with Gasteiger partial charge in [-0.05, 0) is 12.0 Å². The molecule has 0 unspecified atom stereocenters. The van der Waals surface area contributed by atoms with Crippen LogP contribution in [0.25, 0.3) is 0 Å². The standard InChI is InChI=1S/C10H16IN3O2/c1-10(2,5-12)6-13-9(15)8-3-7(4-11)16-14-8/h3H,4-6,12H2,1-2H3,(H,13,15). The van der Waals surface area contributed by atoms with Crippen LogP contribution in [0, 0.1) is 5.41 Å². The van der Waals surface area contributed by atoms with Crippen LogP contribution < -0.4 is 11.1 Å². The van der Waals surface area contributed by atoms with E-state index in [0.29, 0.717) is 29.0 Å². The lowest BCUT2D eigenvalue weighted by atomic mass is 9.94. The molecule has 6 heteroatoms. The van der Waals surface area contributed by atoms with E-state index in [1.54, 1.807) is 6.07 Å². The molecule has 0 atom stereocenters. The number of amides is 1. The van der Waals surface area contributed by atoms with E-state index in [9.17, 15) is 4.79 Å². The number of nitrogens with zero attached hydrogens (tertiary/aromatic N) is 1. The summed E-state index contributed by atoms with van der Waals surface area (Å²) in [7, 11) is 0. The lowest BCUT2D eigenvalue weighted by Gasteiger charge is -2.22. The van der Waals surface area contributed by atoms with Crippen molar-refractivity contribution >= 4 is 28.5 Å². The van der Waals surface area contributed by atoms with Crippen LogP contribution in [0.1, 0.15) is 30.1 Å². The van der Waals surface area contributed by atoms with Crippen molar-refractivity contribution in [3.63, 3.8) is 0 Å². The maximum Gasteiger partial charge on any atom is 0.273 e. The first-order valence-corrected chi connectivity index (χ1v) is 6.51. The van der Waals surface area contributed by atoms with Crippen LogP contribution in [0.4, 0.5) is 0 Å². The predicted octanol–water partition coefficient (Wildman–Crippen LogP) is 1.32. The quantitative estimate of drug-likeness (QED) is 0.627. The Hall–Kier alpha value is -0.630. The summed E-state index contributed by atoms with van der Waals surface area (Å²) in [5.41, 5.74) is 5.78. The Morgan fingerprint density at radius 2 is 2.38 bits per heavy atom. The highest BCUT2D eigenvalue weighted by molar-refractivity contribution is 14.1. The molecular formula is C10H16IN3O2. The number of carbonyl (C=O) groups is 1. The van der Waals surface area contributed by atoms with E-state index >= 15 is 0 Å². The van der Waals surface area contributed by atoms with Crippen LogP contribution in [-0.4, -0.2) is 24.2 Å². The second-order valence-electron chi connectivity index (χ2n) is 4.36. The van der Waals surface area contributed by atoms with Gasteiger partial charge in [-0.25, -0.2) is 0 Å². The van der Waals surface area contributed by atoms with E-state index in [2.05, 4.69) is 33.1 Å². The molecule has 0 saturated heterocycles. The molecule has 0 aliphatic carbocycles. The highest BCUT2D eigenvalue weighted by Gasteiger charge is 2.18. The van der Waals surface area contributed by atoms with Gasteiger partial charge in [0.15, 0.2) is 5.69 Å². The Labute approximate surface area is 108 Å². The minimum atomic E-state index is -0.221. The van der Waals surface area contributed by atoms with E-state index in [0.717, 1.165) is 0 Å². The molecule has 0 fully saturated rings. The van der Waals surface area contributed by atoms with E-state index < -0.39 is 0 Å². The van der Waals surface area contributed by atoms with Crippen molar-refractivity contribution in [2.45, 2.75) is 18.3 Å². The largest absolute Gasteiger partial charge is 0.360 e. The minimum absolute atomic E-state index is 0.106. The SMILES string of the molecule is CC(C)(CN)CNC(=O)c1cc(CI)on1. The average Bonchev–Trinajstić information content (AvgIpc) is 2.74. The molecule has 0 bridgehead atoms. The van der Waals surface area contributed by atoms with Crippen LogP contribution in [0.3, 0.4) is 0 Å². The second-order valence-corrected chi connectivity index (χ2v) is 5.13. The number of nitrogens with two attached hydrogens (primary N) is 1. The normalized spacial score (nSPS) is 11.5. The highest BCUT2D eigenvalue weighted by Crippen LogP contribution is 2.11. The van der Waals surface area contributed by atoms with E-state index in [1.807, 2.05) is 13.8 Å². The number of hydrogen-bond acceptors (Lipinski definition) is 4. The van der Waals surface area contributed by atoms with Crippen LogP contribution in [0.2, 0.25) is 0 Å². The third kappa shape index (κ3) is 3.75. The summed E-state index contributed by atoms with van der Waals surface area (Å²) in [6, 6.07) is 1.65. The van der Waals surface area contributed by atoms with Crippen molar-refractivity contribution in [3.8, 4) is 0 Å². The summed E-state index contributed by atoms with van der Waals surface area (Å²) in [5, 5.41) is 6.47. The Morgan fingerprint density at radius 3 is 2.88 bits per heavy atom. The van der Waals surface area contributed by atoms with E-state index in [-0.39, 0.29) is 11.3 Å². The molecule has 1 rings (SSSR count). The summed E-state index contributed by atoms with van der Waals surface area (Å²) >= 11 is 2.15. The van der Waals surface area contributed by atoms with Gasteiger partial charge in [-0.15, -0.1) is 0 Å². The van der Waals surface area contributed by atoms with Crippen LogP contribution >= 0.6 is 22.6 Å². The Bertz CT molecular complexity index is 363. The lowest BCUT2D eigenvalue weighted by Crippen LogP contribution is -2.38. The Morgan fingerprint density at radius 1 is 1.69 bits per heavy atom. The number of nitrogens with one attached hydrogen (secondary N) is 1. The van der Waals surface area contributed by atoms with E-state index in [1.165, 1.54) is 0 Å². The van der Waals surface area contributed by atoms with Crippen molar-refractivity contribution in [1.29, 1.82) is 0 Å². The molecule has 3 N–H and O–H groups in total. The number of aromatic nitrogens is 1. The summed E-state index contributed by atoms with van der Waals surface area (Å²) in [6.45, 7) is 5.03. The molecule has 90 valence electrons. The van der Waals surface area contributed by atoms with Crippen molar-refractivity contribution in [1.82, 2.24) is 10.5 Å². The van der Waals surface area contributed by atoms with Gasteiger partial charge in [0.25, 0.3) is 5.91 Å². The van der Waals surface area contributed by atoms with E-state index in [4.69, 9.17) is 10.3 Å². The highest BCUT2D eigenvalue weighted by atomic mass is 127. The zero-order valence-corrected chi connectivity index (χ0v) is 11.6. The molecule has 0 aliphatic heterocycles. The van der Waals surface area contributed by atoms with Gasteiger partial charge in [0.05, 0.1) is 4.43 Å². The molecule has 0 radical (unpaired) electrons. The summed E-state index contributed by atoms with van der Waals surface area (Å²) in [4.78, 5) is 11.7. The number of hydrogen-bond donors (Lipinski definition) is 2. The zero-order chi connectivity index (χ0) is 12.2. The van der Waals surface area contributed by atoms with Crippen molar-refractivity contribution in [3.05, 3.63) is 17.5 Å². The Kier molecular flexibility index (Phi) is 4.72. The molecule has 0 saturated carbocycles. The molecule has 5 nitrogen and oxygen atoms in total. The predicted molar refractivity (Wildman–Crippen MR) is 69.4 cm³/mol. The van der Waals surface area contributed by atoms with Gasteiger partial charge in [-0.1, -0.05) is 41.6 Å². The van der Waals surface area contributed by atoms with Gasteiger partial charge in [-0.2, -0.15) is 0 Å². The van der Waals surface area contributed by atoms with Gasteiger partial charge in [0.1, 0.15) is 5.76 Å². The van der Waals surface area contributed by atoms with Gasteiger partial charge < -0.3 is 15.6 Å². The summed E-state index contributed by atoms with van der Waals surface area (Å²) in [6.07, 6.45) is 0. The van der Waals surface area contributed by atoms with Gasteiger partial charge in [-0.3, -0.25) is 4.79 Å². The molecule has 1 heterocycles.